The van der Waals surface area contributed by atoms with Gasteiger partial charge >= 0.3 is 5.69 Å². The number of hydrogen-bond donors (Lipinski definition) is 0. The van der Waals surface area contributed by atoms with Crippen molar-refractivity contribution in [3.8, 4) is 11.5 Å². The van der Waals surface area contributed by atoms with Crippen LogP contribution >= 0.6 is 0 Å². The van der Waals surface area contributed by atoms with Crippen molar-refractivity contribution in [2.45, 2.75) is 20.4 Å². The molecule has 0 atom stereocenters. The molecule has 0 spiro atoms. The van der Waals surface area contributed by atoms with Gasteiger partial charge in [0, 0.05) is 5.69 Å². The van der Waals surface area contributed by atoms with Gasteiger partial charge in [-0.05, 0) is 26.0 Å². The first kappa shape index (κ1) is 14.8. The van der Waals surface area contributed by atoms with E-state index in [0.717, 1.165) is 11.4 Å². The Bertz CT molecular complexity index is 652. The van der Waals surface area contributed by atoms with Crippen molar-refractivity contribution in [2.75, 3.05) is 13.7 Å². The lowest BCUT2D eigenvalue weighted by Crippen LogP contribution is -2.09. The van der Waals surface area contributed by atoms with E-state index >= 15 is 0 Å². The third-order valence-electron chi connectivity index (χ3n) is 3.30. The minimum atomic E-state index is -0.482. The summed E-state index contributed by atoms with van der Waals surface area (Å²) in [6.07, 6.45) is 1.73. The summed E-state index contributed by atoms with van der Waals surface area (Å²) in [5.74, 6) is 0.658. The Kier molecular flexibility index (Phi) is 4.42. The predicted molar refractivity (Wildman–Crippen MR) is 76.8 cm³/mol. The van der Waals surface area contributed by atoms with E-state index in [1.54, 1.807) is 18.5 Å². The smallest absolute Gasteiger partial charge is 0.314 e. The van der Waals surface area contributed by atoms with Gasteiger partial charge in [0.05, 0.1) is 36.7 Å². The molecule has 0 amide bonds. The van der Waals surface area contributed by atoms with Gasteiger partial charge in [0.1, 0.15) is 12.4 Å². The Labute approximate surface area is 122 Å². The Morgan fingerprint density at radius 2 is 2.14 bits per heavy atom. The topological polar surface area (TPSA) is 79.4 Å². The number of ether oxygens (including phenoxy) is 2. The number of benzene rings is 1. The number of nitrogens with zero attached hydrogens (tertiary/aromatic N) is 3. The van der Waals surface area contributed by atoms with Crippen LogP contribution in [-0.2, 0) is 6.54 Å². The van der Waals surface area contributed by atoms with Crippen LogP contribution in [0.4, 0.5) is 5.69 Å². The van der Waals surface area contributed by atoms with Crippen molar-refractivity contribution in [3.05, 3.63) is 46.0 Å². The van der Waals surface area contributed by atoms with Crippen LogP contribution < -0.4 is 9.47 Å². The number of methoxy groups -OCH3 is 1. The van der Waals surface area contributed by atoms with Gasteiger partial charge in [-0.3, -0.25) is 10.1 Å². The third-order valence-corrected chi connectivity index (χ3v) is 3.30. The van der Waals surface area contributed by atoms with Crippen LogP contribution in [0.3, 0.4) is 0 Å². The SMILES string of the molecule is COc1ccc(OCCn2cnc(C)c2C)c([N+](=O)[O-])c1. The molecule has 1 aromatic carbocycles. The number of nitro benzene ring substituents is 1. The van der Waals surface area contributed by atoms with Crippen molar-refractivity contribution in [3.63, 3.8) is 0 Å². The van der Waals surface area contributed by atoms with Crippen molar-refractivity contribution in [2.24, 2.45) is 0 Å². The Balaban J connectivity index is 2.06. The quantitative estimate of drug-likeness (QED) is 0.603. The highest BCUT2D eigenvalue weighted by molar-refractivity contribution is 5.50. The van der Waals surface area contributed by atoms with Gasteiger partial charge < -0.3 is 14.0 Å². The fourth-order valence-electron chi connectivity index (χ4n) is 1.91. The van der Waals surface area contributed by atoms with Crippen LogP contribution in [0.25, 0.3) is 0 Å². The van der Waals surface area contributed by atoms with Crippen LogP contribution in [0.5, 0.6) is 11.5 Å². The van der Waals surface area contributed by atoms with E-state index < -0.39 is 4.92 Å². The summed E-state index contributed by atoms with van der Waals surface area (Å²) in [5.41, 5.74) is 1.92. The first-order valence-electron chi connectivity index (χ1n) is 6.46. The molecule has 1 aromatic heterocycles. The second kappa shape index (κ2) is 6.25. The molecule has 7 nitrogen and oxygen atoms in total. The maximum Gasteiger partial charge on any atom is 0.314 e. The molecule has 7 heteroatoms. The lowest BCUT2D eigenvalue weighted by atomic mass is 10.3. The van der Waals surface area contributed by atoms with Crippen molar-refractivity contribution in [1.82, 2.24) is 9.55 Å². The zero-order valence-corrected chi connectivity index (χ0v) is 12.2. The number of rotatable bonds is 6. The molecule has 0 fully saturated rings. The zero-order chi connectivity index (χ0) is 15.4. The summed E-state index contributed by atoms with van der Waals surface area (Å²) in [6.45, 7) is 4.80. The van der Waals surface area contributed by atoms with Crippen LogP contribution in [-0.4, -0.2) is 28.2 Å². The summed E-state index contributed by atoms with van der Waals surface area (Å²) in [4.78, 5) is 14.7. The Hall–Kier alpha value is -2.57. The number of aryl methyl sites for hydroxylation is 1. The van der Waals surface area contributed by atoms with Gasteiger partial charge in [-0.1, -0.05) is 0 Å². The number of aromatic nitrogens is 2. The monoisotopic (exact) mass is 291 g/mol. The van der Waals surface area contributed by atoms with E-state index in [1.807, 2.05) is 18.4 Å². The molecule has 2 rings (SSSR count). The minimum absolute atomic E-state index is 0.104. The Morgan fingerprint density at radius 3 is 2.71 bits per heavy atom. The van der Waals surface area contributed by atoms with Crippen LogP contribution in [0, 0.1) is 24.0 Å². The maximum atomic E-state index is 11.0. The van der Waals surface area contributed by atoms with Crippen molar-refractivity contribution in [1.29, 1.82) is 0 Å². The van der Waals surface area contributed by atoms with Crippen molar-refractivity contribution >= 4 is 5.69 Å². The average molecular weight is 291 g/mol. The molecule has 0 aliphatic carbocycles. The molecule has 21 heavy (non-hydrogen) atoms. The molecule has 0 radical (unpaired) electrons. The predicted octanol–water partition coefficient (Wildman–Crippen LogP) is 2.50. The van der Waals surface area contributed by atoms with Gasteiger partial charge in [-0.2, -0.15) is 0 Å². The molecule has 2 aromatic rings. The van der Waals surface area contributed by atoms with Gasteiger partial charge in [-0.25, -0.2) is 4.98 Å². The lowest BCUT2D eigenvalue weighted by molar-refractivity contribution is -0.385. The van der Waals surface area contributed by atoms with Gasteiger partial charge in [0.2, 0.25) is 0 Å². The van der Waals surface area contributed by atoms with Gasteiger partial charge in [-0.15, -0.1) is 0 Å². The van der Waals surface area contributed by atoms with E-state index in [0.29, 0.717) is 18.9 Å². The normalized spacial score (nSPS) is 10.4. The largest absolute Gasteiger partial charge is 0.496 e. The molecule has 0 bridgehead atoms. The highest BCUT2D eigenvalue weighted by atomic mass is 16.6. The Morgan fingerprint density at radius 1 is 1.38 bits per heavy atom. The second-order valence-corrected chi connectivity index (χ2v) is 4.55. The van der Waals surface area contributed by atoms with Gasteiger partial charge in [0.25, 0.3) is 0 Å². The molecule has 0 N–H and O–H groups in total. The van der Waals surface area contributed by atoms with E-state index in [2.05, 4.69) is 4.98 Å². The maximum absolute atomic E-state index is 11.0. The minimum Gasteiger partial charge on any atom is -0.496 e. The van der Waals surface area contributed by atoms with E-state index in [-0.39, 0.29) is 11.4 Å². The first-order valence-corrected chi connectivity index (χ1v) is 6.46. The second-order valence-electron chi connectivity index (χ2n) is 4.55. The summed E-state index contributed by atoms with van der Waals surface area (Å²) in [6, 6.07) is 4.53. The molecule has 0 saturated carbocycles. The highest BCUT2D eigenvalue weighted by Crippen LogP contribution is 2.30. The summed E-state index contributed by atoms with van der Waals surface area (Å²) in [7, 11) is 1.46. The third kappa shape index (κ3) is 3.31. The summed E-state index contributed by atoms with van der Waals surface area (Å²) < 4.78 is 12.4. The summed E-state index contributed by atoms with van der Waals surface area (Å²) in [5, 5.41) is 11.0. The van der Waals surface area contributed by atoms with Crippen LogP contribution in [0.1, 0.15) is 11.4 Å². The van der Waals surface area contributed by atoms with Crippen molar-refractivity contribution < 1.29 is 14.4 Å². The fourth-order valence-corrected chi connectivity index (χ4v) is 1.91. The number of nitro groups is 1. The van der Waals surface area contributed by atoms with Crippen LogP contribution in [0.2, 0.25) is 0 Å². The molecule has 112 valence electrons. The van der Waals surface area contributed by atoms with E-state index in [9.17, 15) is 10.1 Å². The number of imidazole rings is 1. The highest BCUT2D eigenvalue weighted by Gasteiger charge is 2.16. The fraction of sp³-hybridized carbons (Fsp3) is 0.357. The molecular formula is C14H17N3O4. The summed E-state index contributed by atoms with van der Waals surface area (Å²) >= 11 is 0. The number of hydrogen-bond acceptors (Lipinski definition) is 5. The van der Waals surface area contributed by atoms with E-state index in [1.165, 1.54) is 13.2 Å². The first-order chi connectivity index (χ1) is 10.0. The molecule has 0 aliphatic heterocycles. The van der Waals surface area contributed by atoms with Gasteiger partial charge in [0.15, 0.2) is 5.75 Å². The molecule has 0 saturated heterocycles. The molecule has 0 unspecified atom stereocenters. The lowest BCUT2D eigenvalue weighted by Gasteiger charge is -2.09. The average Bonchev–Trinajstić information content (AvgIpc) is 2.79. The van der Waals surface area contributed by atoms with Crippen LogP contribution in [0.15, 0.2) is 24.5 Å². The zero-order valence-electron chi connectivity index (χ0n) is 12.2. The van der Waals surface area contributed by atoms with E-state index in [4.69, 9.17) is 9.47 Å². The molecule has 0 aliphatic rings. The standard InChI is InChI=1S/C14H17N3O4/c1-10-11(2)16(9-15-10)6-7-21-14-5-4-12(20-3)8-13(14)17(18)19/h4-5,8-9H,6-7H2,1-3H3. The molecule has 1 heterocycles. The molecular weight excluding hydrogens is 274 g/mol.